The molecule has 0 unspecified atom stereocenters. The van der Waals surface area contributed by atoms with Crippen molar-refractivity contribution in [2.24, 2.45) is 0 Å². The predicted molar refractivity (Wildman–Crippen MR) is 71.3 cm³/mol. The SMILES string of the molecule is Cc1nc(C)n(-c2ccc(Cl)cc2)c(=O)c1C(=O)O. The molecule has 2 rings (SSSR count). The lowest BCUT2D eigenvalue weighted by molar-refractivity contribution is 0.0693. The van der Waals surface area contributed by atoms with E-state index in [1.165, 1.54) is 11.5 Å². The molecule has 0 bridgehead atoms. The van der Waals surface area contributed by atoms with Crippen LogP contribution in [-0.2, 0) is 0 Å². The van der Waals surface area contributed by atoms with E-state index in [-0.39, 0.29) is 11.3 Å². The summed E-state index contributed by atoms with van der Waals surface area (Å²) in [6.45, 7) is 3.15. The monoisotopic (exact) mass is 278 g/mol. The van der Waals surface area contributed by atoms with Gasteiger partial charge in [0.05, 0.1) is 11.4 Å². The Kier molecular flexibility index (Phi) is 3.40. The van der Waals surface area contributed by atoms with E-state index >= 15 is 0 Å². The number of benzene rings is 1. The number of rotatable bonds is 2. The minimum Gasteiger partial charge on any atom is -0.477 e. The average Bonchev–Trinajstić information content (AvgIpc) is 2.30. The van der Waals surface area contributed by atoms with Gasteiger partial charge in [-0.15, -0.1) is 0 Å². The minimum atomic E-state index is -1.28. The van der Waals surface area contributed by atoms with Gasteiger partial charge in [-0.2, -0.15) is 0 Å². The molecule has 0 aliphatic rings. The van der Waals surface area contributed by atoms with Gasteiger partial charge in [0.25, 0.3) is 5.56 Å². The molecule has 0 spiro atoms. The number of aromatic carboxylic acids is 1. The standard InChI is InChI=1S/C13H11ClN2O3/c1-7-11(13(18)19)12(17)16(8(2)15-7)10-5-3-9(14)4-6-10/h3-6H,1-2H3,(H,18,19). The third-order valence-electron chi connectivity index (χ3n) is 2.73. The predicted octanol–water partition coefficient (Wildman–Crippen LogP) is 2.20. The third kappa shape index (κ3) is 2.37. The van der Waals surface area contributed by atoms with Crippen LogP contribution >= 0.6 is 11.6 Å². The van der Waals surface area contributed by atoms with E-state index in [2.05, 4.69) is 4.98 Å². The van der Waals surface area contributed by atoms with Crippen LogP contribution in [0.5, 0.6) is 0 Å². The highest BCUT2D eigenvalue weighted by molar-refractivity contribution is 6.30. The van der Waals surface area contributed by atoms with E-state index in [1.54, 1.807) is 31.2 Å². The van der Waals surface area contributed by atoms with Gasteiger partial charge in [0.1, 0.15) is 11.4 Å². The maximum atomic E-state index is 12.2. The number of halogens is 1. The van der Waals surface area contributed by atoms with Gasteiger partial charge in [-0.05, 0) is 38.1 Å². The van der Waals surface area contributed by atoms with Crippen LogP contribution in [0.15, 0.2) is 29.1 Å². The van der Waals surface area contributed by atoms with Crippen LogP contribution < -0.4 is 5.56 Å². The summed E-state index contributed by atoms with van der Waals surface area (Å²) in [5.41, 5.74) is -0.178. The van der Waals surface area contributed by atoms with E-state index in [4.69, 9.17) is 16.7 Å². The van der Waals surface area contributed by atoms with Gasteiger partial charge in [-0.1, -0.05) is 11.6 Å². The fourth-order valence-electron chi connectivity index (χ4n) is 1.90. The Balaban J connectivity index is 2.77. The average molecular weight is 279 g/mol. The molecule has 2 aromatic rings. The highest BCUT2D eigenvalue weighted by Gasteiger charge is 2.18. The van der Waals surface area contributed by atoms with Gasteiger partial charge in [0.2, 0.25) is 0 Å². The molecule has 6 heteroatoms. The van der Waals surface area contributed by atoms with Crippen LogP contribution in [0, 0.1) is 13.8 Å². The van der Waals surface area contributed by atoms with Gasteiger partial charge in [-0.25, -0.2) is 9.78 Å². The number of carboxylic acid groups (broad SMARTS) is 1. The number of hydrogen-bond donors (Lipinski definition) is 1. The number of carboxylic acids is 1. The van der Waals surface area contributed by atoms with Gasteiger partial charge in [0, 0.05) is 5.02 Å². The molecular formula is C13H11ClN2O3. The first-order chi connectivity index (χ1) is 8.91. The van der Waals surface area contributed by atoms with Crippen molar-refractivity contribution in [2.75, 3.05) is 0 Å². The van der Waals surface area contributed by atoms with Crippen LogP contribution in [0.2, 0.25) is 5.02 Å². The van der Waals surface area contributed by atoms with Crippen molar-refractivity contribution in [1.82, 2.24) is 9.55 Å². The van der Waals surface area contributed by atoms with E-state index in [9.17, 15) is 9.59 Å². The second-order valence-corrected chi connectivity index (χ2v) is 4.48. The fourth-order valence-corrected chi connectivity index (χ4v) is 2.03. The second kappa shape index (κ2) is 4.85. The summed E-state index contributed by atoms with van der Waals surface area (Å²) in [4.78, 5) is 27.5. The van der Waals surface area contributed by atoms with Gasteiger partial charge >= 0.3 is 5.97 Å². The Morgan fingerprint density at radius 3 is 2.37 bits per heavy atom. The first kappa shape index (κ1) is 13.3. The molecule has 1 aromatic carbocycles. The third-order valence-corrected chi connectivity index (χ3v) is 2.98. The van der Waals surface area contributed by atoms with Gasteiger partial charge in [0.15, 0.2) is 0 Å². The molecule has 0 radical (unpaired) electrons. The fraction of sp³-hybridized carbons (Fsp3) is 0.154. The summed E-state index contributed by atoms with van der Waals surface area (Å²) in [6, 6.07) is 6.53. The molecule has 19 heavy (non-hydrogen) atoms. The van der Waals surface area contributed by atoms with Gasteiger partial charge < -0.3 is 5.11 Å². The van der Waals surface area contributed by atoms with Crippen molar-refractivity contribution in [3.63, 3.8) is 0 Å². The summed E-state index contributed by atoms with van der Waals surface area (Å²) in [5.74, 6) is -0.854. The Morgan fingerprint density at radius 2 is 1.84 bits per heavy atom. The largest absolute Gasteiger partial charge is 0.477 e. The van der Waals surface area contributed by atoms with Crippen molar-refractivity contribution in [3.05, 3.63) is 56.7 Å². The molecule has 0 saturated carbocycles. The molecule has 1 aromatic heterocycles. The normalized spacial score (nSPS) is 10.5. The Bertz CT molecular complexity index is 705. The zero-order valence-electron chi connectivity index (χ0n) is 10.3. The van der Waals surface area contributed by atoms with Crippen molar-refractivity contribution < 1.29 is 9.90 Å². The number of carbonyl (C=O) groups is 1. The summed E-state index contributed by atoms with van der Waals surface area (Å²) in [5, 5.41) is 9.61. The highest BCUT2D eigenvalue weighted by Crippen LogP contribution is 2.14. The molecule has 98 valence electrons. The van der Waals surface area contributed by atoms with E-state index < -0.39 is 11.5 Å². The number of nitrogens with zero attached hydrogens (tertiary/aromatic N) is 2. The molecule has 0 atom stereocenters. The summed E-state index contributed by atoms with van der Waals surface area (Å²) in [7, 11) is 0. The Hall–Kier alpha value is -2.14. The number of hydrogen-bond acceptors (Lipinski definition) is 3. The van der Waals surface area contributed by atoms with Gasteiger partial charge in [-0.3, -0.25) is 9.36 Å². The summed E-state index contributed by atoms with van der Waals surface area (Å²) >= 11 is 5.79. The van der Waals surface area contributed by atoms with Crippen molar-refractivity contribution in [1.29, 1.82) is 0 Å². The first-order valence-electron chi connectivity index (χ1n) is 5.51. The van der Waals surface area contributed by atoms with Crippen LogP contribution in [0.3, 0.4) is 0 Å². The molecular weight excluding hydrogens is 268 g/mol. The summed E-state index contributed by atoms with van der Waals surface area (Å²) in [6.07, 6.45) is 0. The van der Waals surface area contributed by atoms with Crippen molar-refractivity contribution >= 4 is 17.6 Å². The lowest BCUT2D eigenvalue weighted by Crippen LogP contribution is -2.29. The lowest BCUT2D eigenvalue weighted by Gasteiger charge is -2.11. The molecule has 5 nitrogen and oxygen atoms in total. The van der Waals surface area contributed by atoms with E-state index in [0.717, 1.165) is 0 Å². The maximum absolute atomic E-state index is 12.2. The quantitative estimate of drug-likeness (QED) is 0.914. The van der Waals surface area contributed by atoms with E-state index in [0.29, 0.717) is 16.5 Å². The number of aromatic nitrogens is 2. The molecule has 1 N–H and O–H groups in total. The maximum Gasteiger partial charge on any atom is 0.343 e. The molecule has 1 heterocycles. The molecule has 0 aliphatic carbocycles. The first-order valence-corrected chi connectivity index (χ1v) is 5.89. The number of aryl methyl sites for hydroxylation is 2. The molecule has 0 amide bonds. The smallest absolute Gasteiger partial charge is 0.343 e. The molecule has 0 saturated heterocycles. The van der Waals surface area contributed by atoms with E-state index in [1.807, 2.05) is 0 Å². The van der Waals surface area contributed by atoms with Crippen LogP contribution in [0.4, 0.5) is 0 Å². The van der Waals surface area contributed by atoms with Crippen LogP contribution in [0.1, 0.15) is 21.9 Å². The summed E-state index contributed by atoms with van der Waals surface area (Å²) < 4.78 is 1.26. The van der Waals surface area contributed by atoms with Crippen molar-refractivity contribution in [2.45, 2.75) is 13.8 Å². The molecule has 0 fully saturated rings. The lowest BCUT2D eigenvalue weighted by atomic mass is 10.2. The Morgan fingerprint density at radius 1 is 1.26 bits per heavy atom. The van der Waals surface area contributed by atoms with Crippen LogP contribution in [-0.4, -0.2) is 20.6 Å². The highest BCUT2D eigenvalue weighted by atomic mass is 35.5. The zero-order valence-corrected chi connectivity index (χ0v) is 11.1. The van der Waals surface area contributed by atoms with Crippen LogP contribution in [0.25, 0.3) is 5.69 Å². The minimum absolute atomic E-state index is 0.209. The molecule has 0 aliphatic heterocycles. The second-order valence-electron chi connectivity index (χ2n) is 4.04. The zero-order chi connectivity index (χ0) is 14.2. The topological polar surface area (TPSA) is 72.2 Å². The Labute approximate surface area is 114 Å². The van der Waals surface area contributed by atoms with Crippen molar-refractivity contribution in [3.8, 4) is 5.69 Å².